The van der Waals surface area contributed by atoms with Gasteiger partial charge in [0, 0.05) is 17.8 Å². The third-order valence-electron chi connectivity index (χ3n) is 2.65. The molecule has 90 valence electrons. The minimum absolute atomic E-state index is 0.00101. The molecule has 0 saturated carbocycles. The van der Waals surface area contributed by atoms with Crippen LogP contribution in [0.3, 0.4) is 0 Å². The van der Waals surface area contributed by atoms with Crippen LogP contribution in [0.5, 0.6) is 0 Å². The Morgan fingerprint density at radius 3 is 2.76 bits per heavy atom. The first-order valence-electron chi connectivity index (χ1n) is 5.56. The van der Waals surface area contributed by atoms with Gasteiger partial charge in [-0.2, -0.15) is 0 Å². The second-order valence-corrected chi connectivity index (χ2v) is 5.25. The van der Waals surface area contributed by atoms with E-state index in [9.17, 15) is 4.79 Å². The monoisotopic (exact) mass is 232 g/mol. The number of carboxylic acids is 1. The fourth-order valence-corrected chi connectivity index (χ4v) is 1.67. The Kier molecular flexibility index (Phi) is 2.65. The van der Waals surface area contributed by atoms with Crippen molar-refractivity contribution in [1.82, 2.24) is 9.38 Å². The molecular weight excluding hydrogens is 216 g/mol. The number of hydrogen-bond donors (Lipinski definition) is 1. The summed E-state index contributed by atoms with van der Waals surface area (Å²) in [6.45, 7) is 6.31. The molecule has 0 aromatic carbocycles. The molecule has 2 aromatic heterocycles. The molecule has 0 radical (unpaired) electrons. The third kappa shape index (κ3) is 2.46. The van der Waals surface area contributed by atoms with E-state index >= 15 is 0 Å². The Bertz CT molecular complexity index is 564. The molecule has 0 aliphatic heterocycles. The van der Waals surface area contributed by atoms with Gasteiger partial charge >= 0.3 is 5.97 Å². The SMILES string of the molecule is CC(C)(C)c1cn2ccc(CC(=O)O)cc2n1. The van der Waals surface area contributed by atoms with Crippen molar-refractivity contribution in [1.29, 1.82) is 0 Å². The molecule has 0 amide bonds. The number of aromatic nitrogens is 2. The zero-order valence-electron chi connectivity index (χ0n) is 10.3. The van der Waals surface area contributed by atoms with Crippen LogP contribution in [0.1, 0.15) is 32.0 Å². The highest BCUT2D eigenvalue weighted by Crippen LogP contribution is 2.21. The van der Waals surface area contributed by atoms with Crippen LogP contribution in [0, 0.1) is 0 Å². The minimum Gasteiger partial charge on any atom is -0.481 e. The lowest BCUT2D eigenvalue weighted by Crippen LogP contribution is -2.11. The van der Waals surface area contributed by atoms with Gasteiger partial charge in [0.2, 0.25) is 0 Å². The number of nitrogens with zero attached hydrogens (tertiary/aromatic N) is 2. The average molecular weight is 232 g/mol. The van der Waals surface area contributed by atoms with Crippen molar-refractivity contribution in [3.63, 3.8) is 0 Å². The van der Waals surface area contributed by atoms with Crippen molar-refractivity contribution in [2.45, 2.75) is 32.6 Å². The van der Waals surface area contributed by atoms with E-state index in [0.717, 1.165) is 16.9 Å². The summed E-state index contributed by atoms with van der Waals surface area (Å²) >= 11 is 0. The van der Waals surface area contributed by atoms with Crippen LogP contribution in [0.4, 0.5) is 0 Å². The van der Waals surface area contributed by atoms with Gasteiger partial charge in [-0.05, 0) is 17.7 Å². The zero-order chi connectivity index (χ0) is 12.6. The number of carbonyl (C=O) groups is 1. The molecule has 1 N–H and O–H groups in total. The van der Waals surface area contributed by atoms with Crippen molar-refractivity contribution >= 4 is 11.6 Å². The van der Waals surface area contributed by atoms with Crippen LogP contribution in [0.15, 0.2) is 24.5 Å². The number of hydrogen-bond acceptors (Lipinski definition) is 2. The first-order chi connectivity index (χ1) is 7.86. The van der Waals surface area contributed by atoms with E-state index in [0.29, 0.717) is 0 Å². The molecule has 0 aliphatic carbocycles. The van der Waals surface area contributed by atoms with Gasteiger partial charge in [-0.1, -0.05) is 20.8 Å². The third-order valence-corrected chi connectivity index (χ3v) is 2.65. The summed E-state index contributed by atoms with van der Waals surface area (Å²) in [7, 11) is 0. The molecule has 2 rings (SSSR count). The predicted molar refractivity (Wildman–Crippen MR) is 65.2 cm³/mol. The number of imidazole rings is 1. The molecule has 4 nitrogen and oxygen atoms in total. The predicted octanol–water partition coefficient (Wildman–Crippen LogP) is 2.26. The van der Waals surface area contributed by atoms with Crippen molar-refractivity contribution in [2.75, 3.05) is 0 Å². The van der Waals surface area contributed by atoms with E-state index in [1.165, 1.54) is 0 Å². The second kappa shape index (κ2) is 3.87. The average Bonchev–Trinajstić information content (AvgIpc) is 2.58. The van der Waals surface area contributed by atoms with E-state index in [-0.39, 0.29) is 11.8 Å². The number of rotatable bonds is 2. The Labute approximate surface area is 99.9 Å². The standard InChI is InChI=1S/C13H16N2O2/c1-13(2,3)10-8-15-5-4-9(7-12(16)17)6-11(15)14-10/h4-6,8H,7H2,1-3H3,(H,16,17). The molecule has 0 bridgehead atoms. The molecule has 0 atom stereocenters. The molecule has 4 heteroatoms. The van der Waals surface area contributed by atoms with Crippen LogP contribution in [0.2, 0.25) is 0 Å². The van der Waals surface area contributed by atoms with Crippen molar-refractivity contribution in [2.24, 2.45) is 0 Å². The fourth-order valence-electron chi connectivity index (χ4n) is 1.67. The largest absolute Gasteiger partial charge is 0.481 e. The maximum atomic E-state index is 10.6. The summed E-state index contributed by atoms with van der Waals surface area (Å²) in [6, 6.07) is 3.64. The molecule has 2 heterocycles. The number of aliphatic carboxylic acids is 1. The van der Waals surface area contributed by atoms with Gasteiger partial charge in [0.05, 0.1) is 12.1 Å². The topological polar surface area (TPSA) is 54.6 Å². The van der Waals surface area contributed by atoms with Crippen LogP contribution in [0.25, 0.3) is 5.65 Å². The minimum atomic E-state index is -0.822. The van der Waals surface area contributed by atoms with Gasteiger partial charge in [-0.15, -0.1) is 0 Å². The van der Waals surface area contributed by atoms with Crippen LogP contribution >= 0.6 is 0 Å². The van der Waals surface area contributed by atoms with Gasteiger partial charge in [-0.3, -0.25) is 4.79 Å². The van der Waals surface area contributed by atoms with Crippen LogP contribution < -0.4 is 0 Å². The number of fused-ring (bicyclic) bond motifs is 1. The van der Waals surface area contributed by atoms with Crippen LogP contribution in [-0.4, -0.2) is 20.5 Å². The van der Waals surface area contributed by atoms with Crippen LogP contribution in [-0.2, 0) is 16.6 Å². The normalized spacial score (nSPS) is 11.9. The van der Waals surface area contributed by atoms with Crippen molar-refractivity contribution < 1.29 is 9.90 Å². The molecular formula is C13H16N2O2. The number of pyridine rings is 1. The lowest BCUT2D eigenvalue weighted by Gasteiger charge is -2.13. The summed E-state index contributed by atoms with van der Waals surface area (Å²) in [5, 5.41) is 8.75. The Morgan fingerprint density at radius 1 is 1.47 bits per heavy atom. The summed E-state index contributed by atoms with van der Waals surface area (Å²) < 4.78 is 1.92. The van der Waals surface area contributed by atoms with Gasteiger partial charge in [0.1, 0.15) is 5.65 Å². The molecule has 0 spiro atoms. The second-order valence-electron chi connectivity index (χ2n) is 5.25. The Morgan fingerprint density at radius 2 is 2.18 bits per heavy atom. The van der Waals surface area contributed by atoms with E-state index in [2.05, 4.69) is 25.8 Å². The Balaban J connectivity index is 2.44. The first kappa shape index (κ1) is 11.6. The highest BCUT2D eigenvalue weighted by Gasteiger charge is 2.17. The van der Waals surface area contributed by atoms with Gasteiger partial charge in [0.15, 0.2) is 0 Å². The molecule has 0 fully saturated rings. The van der Waals surface area contributed by atoms with Gasteiger partial charge < -0.3 is 9.51 Å². The Hall–Kier alpha value is -1.84. The van der Waals surface area contributed by atoms with E-state index < -0.39 is 5.97 Å². The van der Waals surface area contributed by atoms with Gasteiger partial charge in [0.25, 0.3) is 0 Å². The lowest BCUT2D eigenvalue weighted by atomic mass is 9.93. The summed E-state index contributed by atoms with van der Waals surface area (Å²) in [5.41, 5.74) is 2.58. The van der Waals surface area contributed by atoms with E-state index in [4.69, 9.17) is 5.11 Å². The fraction of sp³-hybridized carbons (Fsp3) is 0.385. The van der Waals surface area contributed by atoms with E-state index in [1.54, 1.807) is 0 Å². The summed E-state index contributed by atoms with van der Waals surface area (Å²) in [4.78, 5) is 15.2. The molecule has 0 saturated heterocycles. The van der Waals surface area contributed by atoms with E-state index in [1.807, 2.05) is 28.9 Å². The summed E-state index contributed by atoms with van der Waals surface area (Å²) in [5.74, 6) is -0.822. The highest BCUT2D eigenvalue weighted by molar-refractivity contribution is 5.70. The smallest absolute Gasteiger partial charge is 0.307 e. The molecule has 17 heavy (non-hydrogen) atoms. The number of carboxylic acid groups (broad SMARTS) is 1. The maximum Gasteiger partial charge on any atom is 0.307 e. The molecule has 0 unspecified atom stereocenters. The quantitative estimate of drug-likeness (QED) is 0.864. The lowest BCUT2D eigenvalue weighted by molar-refractivity contribution is -0.136. The van der Waals surface area contributed by atoms with Gasteiger partial charge in [-0.25, -0.2) is 4.98 Å². The zero-order valence-corrected chi connectivity index (χ0v) is 10.3. The maximum absolute atomic E-state index is 10.6. The summed E-state index contributed by atoms with van der Waals surface area (Å²) in [6.07, 6.45) is 3.88. The first-order valence-corrected chi connectivity index (χ1v) is 5.56. The van der Waals surface area contributed by atoms with Crippen molar-refractivity contribution in [3.05, 3.63) is 35.8 Å². The highest BCUT2D eigenvalue weighted by atomic mass is 16.4. The molecule has 0 aliphatic rings. The van der Waals surface area contributed by atoms with Crippen molar-refractivity contribution in [3.8, 4) is 0 Å². The molecule has 2 aromatic rings.